The minimum atomic E-state index is 0.587. The Bertz CT molecular complexity index is 952. The predicted octanol–water partition coefficient (Wildman–Crippen LogP) is 7.44. The lowest BCUT2D eigenvalue weighted by atomic mass is 10.0. The molecule has 32 heavy (non-hydrogen) atoms. The number of aryl methyl sites for hydroxylation is 4. The first-order chi connectivity index (χ1) is 15.0. The summed E-state index contributed by atoms with van der Waals surface area (Å²) < 4.78 is 1.95. The Balaban J connectivity index is 0.000000240. The average Bonchev–Trinajstić information content (AvgIpc) is 3.00. The largest absolute Gasteiger partial charge is 0.272 e. The topological polar surface area (TPSA) is 43.6 Å². The van der Waals surface area contributed by atoms with Gasteiger partial charge in [0.15, 0.2) is 0 Å². The number of hydrogen-bond acceptors (Lipinski definition) is 3. The van der Waals surface area contributed by atoms with E-state index in [1.54, 1.807) is 0 Å². The zero-order valence-electron chi connectivity index (χ0n) is 22.2. The fourth-order valence-electron chi connectivity index (χ4n) is 4.00. The minimum absolute atomic E-state index is 0.587. The van der Waals surface area contributed by atoms with Crippen molar-refractivity contribution in [2.45, 2.75) is 93.4 Å². The summed E-state index contributed by atoms with van der Waals surface area (Å²) in [7, 11) is 1.99. The fraction of sp³-hybridized carbons (Fsp3) is 0.536. The van der Waals surface area contributed by atoms with Crippen LogP contribution in [0, 0.1) is 20.8 Å². The van der Waals surface area contributed by atoms with E-state index in [2.05, 4.69) is 96.4 Å². The summed E-state index contributed by atoms with van der Waals surface area (Å²) in [5, 5.41) is 4.35. The SMILES string of the molecule is CCc1ncccc1C(C)C.Cc1ncccc1C(C)C.Cc1nn(C)c(C)c1C(C)C. The Labute approximate surface area is 196 Å². The van der Waals surface area contributed by atoms with Gasteiger partial charge in [-0.3, -0.25) is 14.6 Å². The Morgan fingerprint density at radius 3 is 1.59 bits per heavy atom. The maximum Gasteiger partial charge on any atom is 0.0630 e. The third-order valence-corrected chi connectivity index (χ3v) is 5.69. The highest BCUT2D eigenvalue weighted by molar-refractivity contribution is 5.27. The Morgan fingerprint density at radius 2 is 1.28 bits per heavy atom. The average molecular weight is 437 g/mol. The summed E-state index contributed by atoms with van der Waals surface area (Å²) in [4.78, 5) is 8.52. The maximum atomic E-state index is 4.35. The van der Waals surface area contributed by atoms with Crippen LogP contribution >= 0.6 is 0 Å². The third-order valence-electron chi connectivity index (χ3n) is 5.69. The van der Waals surface area contributed by atoms with Crippen LogP contribution in [0.4, 0.5) is 0 Å². The van der Waals surface area contributed by atoms with Crippen molar-refractivity contribution in [3.05, 3.63) is 76.1 Å². The predicted molar refractivity (Wildman–Crippen MR) is 138 cm³/mol. The molecule has 176 valence electrons. The molecular formula is C28H44N4. The zero-order valence-corrected chi connectivity index (χ0v) is 22.2. The van der Waals surface area contributed by atoms with Crippen LogP contribution in [0.15, 0.2) is 36.7 Å². The lowest BCUT2D eigenvalue weighted by molar-refractivity contribution is 0.728. The number of aromatic nitrogens is 4. The molecule has 0 fully saturated rings. The van der Waals surface area contributed by atoms with Gasteiger partial charge in [-0.1, -0.05) is 60.6 Å². The molecule has 3 heterocycles. The van der Waals surface area contributed by atoms with Crippen molar-refractivity contribution in [2.24, 2.45) is 7.05 Å². The monoisotopic (exact) mass is 436 g/mol. The van der Waals surface area contributed by atoms with Crippen LogP contribution in [0.25, 0.3) is 0 Å². The quantitative estimate of drug-likeness (QED) is 0.427. The molecule has 0 bridgehead atoms. The first-order valence-electron chi connectivity index (χ1n) is 11.9. The van der Waals surface area contributed by atoms with Crippen LogP contribution in [0.3, 0.4) is 0 Å². The molecule has 3 aromatic rings. The molecular weight excluding hydrogens is 392 g/mol. The highest BCUT2D eigenvalue weighted by atomic mass is 15.3. The summed E-state index contributed by atoms with van der Waals surface area (Å²) in [6.07, 6.45) is 4.74. The zero-order chi connectivity index (χ0) is 24.4. The van der Waals surface area contributed by atoms with Crippen LogP contribution in [-0.4, -0.2) is 19.7 Å². The molecule has 0 aromatic carbocycles. The molecule has 0 amide bonds. The van der Waals surface area contributed by atoms with Crippen molar-refractivity contribution >= 4 is 0 Å². The van der Waals surface area contributed by atoms with Crippen molar-refractivity contribution in [1.29, 1.82) is 0 Å². The van der Waals surface area contributed by atoms with E-state index in [9.17, 15) is 0 Å². The molecule has 0 saturated carbocycles. The molecule has 0 aliphatic carbocycles. The van der Waals surface area contributed by atoms with Crippen LogP contribution in [-0.2, 0) is 13.5 Å². The van der Waals surface area contributed by atoms with E-state index in [0.29, 0.717) is 17.8 Å². The molecule has 0 aliphatic rings. The normalized spacial score (nSPS) is 10.7. The first kappa shape index (κ1) is 27.5. The fourth-order valence-corrected chi connectivity index (χ4v) is 4.00. The number of nitrogens with zero attached hydrogens (tertiary/aromatic N) is 4. The molecule has 3 aromatic heterocycles. The summed E-state index contributed by atoms with van der Waals surface area (Å²) in [6, 6.07) is 8.29. The second-order valence-corrected chi connectivity index (χ2v) is 9.24. The van der Waals surface area contributed by atoms with Gasteiger partial charge in [0, 0.05) is 36.5 Å². The Morgan fingerprint density at radius 1 is 0.750 bits per heavy atom. The van der Waals surface area contributed by atoms with Gasteiger partial charge in [-0.15, -0.1) is 0 Å². The third kappa shape index (κ3) is 7.89. The molecule has 0 spiro atoms. The van der Waals surface area contributed by atoms with Gasteiger partial charge in [0.1, 0.15) is 0 Å². The summed E-state index contributed by atoms with van der Waals surface area (Å²) in [5.41, 5.74) is 8.97. The van der Waals surface area contributed by atoms with Gasteiger partial charge >= 0.3 is 0 Å². The number of hydrogen-bond donors (Lipinski definition) is 0. The second kappa shape index (κ2) is 13.1. The van der Waals surface area contributed by atoms with Gasteiger partial charge in [-0.05, 0) is 73.8 Å². The highest BCUT2D eigenvalue weighted by Gasteiger charge is 2.11. The van der Waals surface area contributed by atoms with Crippen LogP contribution in [0.1, 0.15) is 106 Å². The van der Waals surface area contributed by atoms with Gasteiger partial charge < -0.3 is 0 Å². The van der Waals surface area contributed by atoms with Gasteiger partial charge in [-0.25, -0.2) is 0 Å². The standard InChI is InChI=1S/C10H15N.C9H16N2.C9H13N/c1-4-10-9(8(2)3)6-5-7-11-10;1-6(2)9-7(3)10-11(5)8(9)4;1-7(2)9-5-4-6-10-8(9)3/h5-8H,4H2,1-3H3;6H,1-5H3;4-7H,1-3H3. The minimum Gasteiger partial charge on any atom is -0.272 e. The maximum absolute atomic E-state index is 4.35. The lowest BCUT2D eigenvalue weighted by Crippen LogP contribution is -1.96. The molecule has 0 radical (unpaired) electrons. The Hall–Kier alpha value is -2.49. The van der Waals surface area contributed by atoms with E-state index in [1.165, 1.54) is 33.8 Å². The van der Waals surface area contributed by atoms with Gasteiger partial charge in [0.2, 0.25) is 0 Å². The van der Waals surface area contributed by atoms with E-state index >= 15 is 0 Å². The van der Waals surface area contributed by atoms with Crippen molar-refractivity contribution in [1.82, 2.24) is 19.7 Å². The second-order valence-electron chi connectivity index (χ2n) is 9.24. The van der Waals surface area contributed by atoms with Gasteiger partial charge in [0.25, 0.3) is 0 Å². The first-order valence-corrected chi connectivity index (χ1v) is 11.9. The van der Waals surface area contributed by atoms with Crippen LogP contribution in [0.5, 0.6) is 0 Å². The van der Waals surface area contributed by atoms with E-state index < -0.39 is 0 Å². The summed E-state index contributed by atoms with van der Waals surface area (Å²) >= 11 is 0. The number of pyridine rings is 2. The molecule has 0 N–H and O–H groups in total. The van der Waals surface area contributed by atoms with E-state index in [4.69, 9.17) is 0 Å². The van der Waals surface area contributed by atoms with E-state index in [-0.39, 0.29) is 0 Å². The van der Waals surface area contributed by atoms with Crippen LogP contribution < -0.4 is 0 Å². The van der Waals surface area contributed by atoms with Crippen LogP contribution in [0.2, 0.25) is 0 Å². The summed E-state index contributed by atoms with van der Waals surface area (Å²) in [5.74, 6) is 1.77. The number of rotatable bonds is 4. The van der Waals surface area contributed by atoms with E-state index in [0.717, 1.165) is 12.1 Å². The van der Waals surface area contributed by atoms with Gasteiger partial charge in [0.05, 0.1) is 5.69 Å². The molecule has 0 atom stereocenters. The van der Waals surface area contributed by atoms with Crippen molar-refractivity contribution in [3.8, 4) is 0 Å². The molecule has 0 unspecified atom stereocenters. The Kier molecular flexibility index (Phi) is 11.3. The molecule has 4 nitrogen and oxygen atoms in total. The van der Waals surface area contributed by atoms with Crippen molar-refractivity contribution in [3.63, 3.8) is 0 Å². The molecule has 4 heteroatoms. The smallest absolute Gasteiger partial charge is 0.0630 e. The van der Waals surface area contributed by atoms with E-state index in [1.807, 2.05) is 36.3 Å². The molecule has 0 saturated heterocycles. The van der Waals surface area contributed by atoms with Gasteiger partial charge in [-0.2, -0.15) is 5.10 Å². The van der Waals surface area contributed by atoms with Crippen molar-refractivity contribution in [2.75, 3.05) is 0 Å². The molecule has 3 rings (SSSR count). The summed E-state index contributed by atoms with van der Waals surface area (Å²) in [6.45, 7) is 21.6. The lowest BCUT2D eigenvalue weighted by Gasteiger charge is -2.08. The molecule has 0 aliphatic heterocycles. The van der Waals surface area contributed by atoms with Crippen molar-refractivity contribution < 1.29 is 0 Å². The highest BCUT2D eigenvalue weighted by Crippen LogP contribution is 2.21.